The molecule has 64 valence electrons. The Balaban J connectivity index is 2.70. The summed E-state index contributed by atoms with van der Waals surface area (Å²) in [5.74, 6) is -0.425. The van der Waals surface area contributed by atoms with Gasteiger partial charge in [0.25, 0.3) is 5.56 Å². The molecule has 0 aliphatic heterocycles. The predicted octanol–water partition coefficient (Wildman–Crippen LogP) is -0.881. The van der Waals surface area contributed by atoms with Gasteiger partial charge in [-0.25, -0.2) is 4.98 Å². The summed E-state index contributed by atoms with van der Waals surface area (Å²) in [4.78, 5) is 25.1. The van der Waals surface area contributed by atoms with Gasteiger partial charge in [0.1, 0.15) is 0 Å². The van der Waals surface area contributed by atoms with Gasteiger partial charge in [-0.15, -0.1) is 0 Å². The minimum atomic E-state index is -0.425. The number of hydrogen-bond acceptors (Lipinski definition) is 3. The van der Waals surface area contributed by atoms with Crippen LogP contribution in [0.1, 0.15) is 6.42 Å². The predicted molar refractivity (Wildman–Crippen MR) is 42.3 cm³/mol. The van der Waals surface area contributed by atoms with Crippen LogP contribution in [0.25, 0.3) is 0 Å². The molecule has 0 unspecified atom stereocenters. The smallest absolute Gasteiger partial charge is 0.253 e. The molecule has 0 aromatic carbocycles. The summed E-state index contributed by atoms with van der Waals surface area (Å²) >= 11 is 0. The Hall–Kier alpha value is -1.65. The van der Waals surface area contributed by atoms with Crippen molar-refractivity contribution in [2.24, 2.45) is 5.73 Å². The first-order valence-electron chi connectivity index (χ1n) is 3.49. The zero-order chi connectivity index (χ0) is 8.97. The Morgan fingerprint density at radius 3 is 3.00 bits per heavy atom. The lowest BCUT2D eigenvalue weighted by molar-refractivity contribution is -0.118. The number of aromatic nitrogens is 2. The van der Waals surface area contributed by atoms with Crippen LogP contribution in [0.3, 0.4) is 0 Å². The zero-order valence-electron chi connectivity index (χ0n) is 6.43. The van der Waals surface area contributed by atoms with E-state index >= 15 is 0 Å². The van der Waals surface area contributed by atoms with Gasteiger partial charge in [-0.05, 0) is 0 Å². The number of carbonyl (C=O) groups is 1. The minimum absolute atomic E-state index is 0.158. The fraction of sp³-hybridized carbons (Fsp3) is 0.286. The van der Waals surface area contributed by atoms with Crippen LogP contribution >= 0.6 is 0 Å². The second-order valence-electron chi connectivity index (χ2n) is 2.33. The van der Waals surface area contributed by atoms with Crippen molar-refractivity contribution in [1.82, 2.24) is 9.55 Å². The lowest BCUT2D eigenvalue weighted by atomic mass is 10.4. The van der Waals surface area contributed by atoms with Gasteiger partial charge in [0, 0.05) is 25.2 Å². The van der Waals surface area contributed by atoms with Gasteiger partial charge >= 0.3 is 0 Å². The fourth-order valence-corrected chi connectivity index (χ4v) is 0.777. The summed E-state index contributed by atoms with van der Waals surface area (Å²) in [6.07, 6.45) is 2.94. The largest absolute Gasteiger partial charge is 0.370 e. The van der Waals surface area contributed by atoms with Gasteiger partial charge < -0.3 is 5.73 Å². The van der Waals surface area contributed by atoms with Crippen LogP contribution in [-0.4, -0.2) is 15.5 Å². The van der Waals surface area contributed by atoms with Crippen LogP contribution in [0.15, 0.2) is 23.4 Å². The number of primary amides is 1. The summed E-state index contributed by atoms with van der Waals surface area (Å²) in [6.45, 7) is 0.294. The van der Waals surface area contributed by atoms with Gasteiger partial charge in [-0.2, -0.15) is 0 Å². The van der Waals surface area contributed by atoms with Gasteiger partial charge in [-0.1, -0.05) is 0 Å². The molecule has 1 aromatic rings. The van der Waals surface area contributed by atoms with E-state index in [9.17, 15) is 9.59 Å². The number of rotatable bonds is 3. The van der Waals surface area contributed by atoms with E-state index in [0.29, 0.717) is 6.54 Å². The molecule has 1 amide bonds. The molecule has 0 aliphatic rings. The highest BCUT2D eigenvalue weighted by Gasteiger charge is 1.96. The Bertz CT molecular complexity index is 331. The van der Waals surface area contributed by atoms with E-state index in [2.05, 4.69) is 4.98 Å². The van der Waals surface area contributed by atoms with Crippen LogP contribution in [0, 0.1) is 0 Å². The van der Waals surface area contributed by atoms with Crippen molar-refractivity contribution < 1.29 is 4.79 Å². The molecule has 0 spiro atoms. The number of amides is 1. The Labute approximate surface area is 68.8 Å². The third-order valence-electron chi connectivity index (χ3n) is 1.39. The van der Waals surface area contributed by atoms with Crippen LogP contribution in [0.5, 0.6) is 0 Å². The van der Waals surface area contributed by atoms with Crippen molar-refractivity contribution in [3.63, 3.8) is 0 Å². The molecule has 1 rings (SSSR count). The second kappa shape index (κ2) is 3.66. The lowest BCUT2D eigenvalue weighted by Gasteiger charge is -2.00. The molecular weight excluding hydrogens is 158 g/mol. The van der Waals surface area contributed by atoms with E-state index in [1.807, 2.05) is 0 Å². The average Bonchev–Trinajstić information content (AvgIpc) is 2.03. The van der Waals surface area contributed by atoms with E-state index in [1.54, 1.807) is 0 Å². The molecule has 12 heavy (non-hydrogen) atoms. The minimum Gasteiger partial charge on any atom is -0.370 e. The molecule has 0 radical (unpaired) electrons. The number of nitrogens with zero attached hydrogens (tertiary/aromatic N) is 2. The zero-order valence-corrected chi connectivity index (χ0v) is 6.43. The normalized spacial score (nSPS) is 9.67. The van der Waals surface area contributed by atoms with Crippen molar-refractivity contribution in [3.05, 3.63) is 28.9 Å². The SMILES string of the molecule is NC(=O)CCn1cnccc1=O. The molecule has 5 nitrogen and oxygen atoms in total. The Morgan fingerprint density at radius 2 is 2.42 bits per heavy atom. The molecule has 0 saturated heterocycles. The maximum absolute atomic E-state index is 11.0. The fourth-order valence-electron chi connectivity index (χ4n) is 0.777. The molecule has 0 atom stereocenters. The maximum atomic E-state index is 11.0. The van der Waals surface area contributed by atoms with Crippen molar-refractivity contribution >= 4 is 5.91 Å². The summed E-state index contributed by atoms with van der Waals surface area (Å²) < 4.78 is 1.34. The topological polar surface area (TPSA) is 78.0 Å². The van der Waals surface area contributed by atoms with Gasteiger partial charge in [-0.3, -0.25) is 14.2 Å². The standard InChI is InChI=1S/C7H9N3O2/c8-6(11)2-4-10-5-9-3-1-7(10)12/h1,3,5H,2,4H2,(H2,8,11). The molecule has 0 bridgehead atoms. The van der Waals surface area contributed by atoms with Crippen LogP contribution in [-0.2, 0) is 11.3 Å². The number of aryl methyl sites for hydroxylation is 1. The van der Waals surface area contributed by atoms with E-state index in [0.717, 1.165) is 0 Å². The molecule has 0 saturated carbocycles. The number of carbonyl (C=O) groups excluding carboxylic acids is 1. The third-order valence-corrected chi connectivity index (χ3v) is 1.39. The molecular formula is C7H9N3O2. The van der Waals surface area contributed by atoms with Gasteiger partial charge in [0.2, 0.25) is 5.91 Å². The van der Waals surface area contributed by atoms with E-state index in [4.69, 9.17) is 5.73 Å². The van der Waals surface area contributed by atoms with Crippen LogP contribution in [0.2, 0.25) is 0 Å². The summed E-state index contributed by atoms with van der Waals surface area (Å²) in [5, 5.41) is 0. The molecule has 2 N–H and O–H groups in total. The summed E-state index contributed by atoms with van der Waals surface area (Å²) in [6, 6.07) is 1.33. The molecule has 1 aromatic heterocycles. The van der Waals surface area contributed by atoms with E-state index in [1.165, 1.54) is 23.2 Å². The monoisotopic (exact) mass is 167 g/mol. The van der Waals surface area contributed by atoms with Crippen LogP contribution < -0.4 is 11.3 Å². The summed E-state index contributed by atoms with van der Waals surface area (Å²) in [7, 11) is 0. The van der Waals surface area contributed by atoms with Crippen molar-refractivity contribution in [2.45, 2.75) is 13.0 Å². The molecule has 5 heteroatoms. The average molecular weight is 167 g/mol. The van der Waals surface area contributed by atoms with Gasteiger partial charge in [0.05, 0.1) is 6.33 Å². The number of hydrogen-bond donors (Lipinski definition) is 1. The van der Waals surface area contributed by atoms with Gasteiger partial charge in [0.15, 0.2) is 0 Å². The first-order valence-corrected chi connectivity index (χ1v) is 3.49. The van der Waals surface area contributed by atoms with Crippen LogP contribution in [0.4, 0.5) is 0 Å². The summed E-state index contributed by atoms with van der Waals surface area (Å²) in [5.41, 5.74) is 4.74. The third kappa shape index (κ3) is 2.19. The highest BCUT2D eigenvalue weighted by molar-refractivity contribution is 5.73. The highest BCUT2D eigenvalue weighted by Crippen LogP contribution is 1.83. The molecule has 1 heterocycles. The number of nitrogens with two attached hydrogens (primary N) is 1. The Kier molecular flexibility index (Phi) is 2.57. The van der Waals surface area contributed by atoms with E-state index in [-0.39, 0.29) is 12.0 Å². The lowest BCUT2D eigenvalue weighted by Crippen LogP contribution is -2.22. The van der Waals surface area contributed by atoms with Crippen molar-refractivity contribution in [1.29, 1.82) is 0 Å². The Morgan fingerprint density at radius 1 is 1.67 bits per heavy atom. The van der Waals surface area contributed by atoms with E-state index < -0.39 is 5.91 Å². The maximum Gasteiger partial charge on any atom is 0.253 e. The highest BCUT2D eigenvalue weighted by atomic mass is 16.1. The van der Waals surface area contributed by atoms with Crippen molar-refractivity contribution in [3.8, 4) is 0 Å². The van der Waals surface area contributed by atoms with Crippen molar-refractivity contribution in [2.75, 3.05) is 0 Å². The second-order valence-corrected chi connectivity index (χ2v) is 2.33. The first kappa shape index (κ1) is 8.45. The molecule has 0 fully saturated rings. The molecule has 0 aliphatic carbocycles. The first-order chi connectivity index (χ1) is 5.70. The quantitative estimate of drug-likeness (QED) is 0.634.